The highest BCUT2D eigenvalue weighted by Crippen LogP contribution is 2.40. The lowest BCUT2D eigenvalue weighted by Crippen LogP contribution is -2.11. The Hall–Kier alpha value is -3.01. The maximum Gasteiger partial charge on any atom is 0.371 e. The summed E-state index contributed by atoms with van der Waals surface area (Å²) in [5, 5.41) is 8.99. The molecule has 4 rings (SSSR count). The SMILES string of the molecule is Cc1cc2c(cc1Oc1ccc(C(=O)O)o1)C(c1ccccc1)CCC2. The van der Waals surface area contributed by atoms with Gasteiger partial charge in [-0.15, -0.1) is 0 Å². The van der Waals surface area contributed by atoms with Crippen molar-refractivity contribution < 1.29 is 19.1 Å². The van der Waals surface area contributed by atoms with Gasteiger partial charge in [0.05, 0.1) is 0 Å². The summed E-state index contributed by atoms with van der Waals surface area (Å²) in [4.78, 5) is 11.0. The molecule has 0 amide bonds. The van der Waals surface area contributed by atoms with Gasteiger partial charge in [0.1, 0.15) is 5.75 Å². The van der Waals surface area contributed by atoms with Gasteiger partial charge in [0.2, 0.25) is 5.76 Å². The van der Waals surface area contributed by atoms with Gasteiger partial charge in [-0.25, -0.2) is 4.79 Å². The molecule has 1 atom stereocenters. The van der Waals surface area contributed by atoms with Crippen molar-refractivity contribution in [2.24, 2.45) is 0 Å². The summed E-state index contributed by atoms with van der Waals surface area (Å²) in [5.41, 5.74) is 4.98. The molecule has 0 radical (unpaired) electrons. The number of rotatable bonds is 4. The fraction of sp³-hybridized carbons (Fsp3) is 0.227. The Morgan fingerprint density at radius 3 is 2.69 bits per heavy atom. The van der Waals surface area contributed by atoms with Gasteiger partial charge in [0.15, 0.2) is 0 Å². The fourth-order valence-electron chi connectivity index (χ4n) is 3.70. The molecule has 1 aliphatic rings. The molecule has 1 aromatic heterocycles. The van der Waals surface area contributed by atoms with Gasteiger partial charge in [-0.05, 0) is 60.6 Å². The molecule has 4 nitrogen and oxygen atoms in total. The van der Waals surface area contributed by atoms with E-state index in [1.54, 1.807) is 0 Å². The normalized spacial score (nSPS) is 16.1. The molecule has 1 heterocycles. The summed E-state index contributed by atoms with van der Waals surface area (Å²) in [5.74, 6) is 0.0217. The number of carboxylic acids is 1. The van der Waals surface area contributed by atoms with Gasteiger partial charge in [-0.1, -0.05) is 36.4 Å². The molecular formula is C22H20O4. The van der Waals surface area contributed by atoms with Crippen molar-refractivity contribution in [1.29, 1.82) is 0 Å². The van der Waals surface area contributed by atoms with Crippen molar-refractivity contribution in [3.63, 3.8) is 0 Å². The molecule has 0 saturated heterocycles. The largest absolute Gasteiger partial charge is 0.475 e. The Kier molecular flexibility index (Phi) is 4.25. The average molecular weight is 348 g/mol. The smallest absolute Gasteiger partial charge is 0.371 e. The quantitative estimate of drug-likeness (QED) is 0.672. The third-order valence-electron chi connectivity index (χ3n) is 4.96. The van der Waals surface area contributed by atoms with Crippen LogP contribution in [0.4, 0.5) is 0 Å². The molecule has 0 bridgehead atoms. The number of aryl methyl sites for hydroxylation is 2. The van der Waals surface area contributed by atoms with E-state index in [9.17, 15) is 4.79 Å². The maximum absolute atomic E-state index is 11.0. The van der Waals surface area contributed by atoms with Crippen LogP contribution >= 0.6 is 0 Å². The molecule has 26 heavy (non-hydrogen) atoms. The number of aromatic carboxylic acids is 1. The Morgan fingerprint density at radius 2 is 1.96 bits per heavy atom. The molecule has 0 fully saturated rings. The Balaban J connectivity index is 1.70. The van der Waals surface area contributed by atoms with Crippen LogP contribution in [0.3, 0.4) is 0 Å². The predicted molar refractivity (Wildman–Crippen MR) is 98.1 cm³/mol. The molecule has 0 spiro atoms. The Morgan fingerprint density at radius 1 is 1.15 bits per heavy atom. The van der Waals surface area contributed by atoms with Crippen LogP contribution in [0, 0.1) is 6.92 Å². The second-order valence-electron chi connectivity index (χ2n) is 6.70. The summed E-state index contributed by atoms with van der Waals surface area (Å²) in [6.45, 7) is 2.00. The first-order chi connectivity index (χ1) is 12.6. The molecule has 132 valence electrons. The van der Waals surface area contributed by atoms with Gasteiger partial charge in [-0.2, -0.15) is 0 Å². The second kappa shape index (κ2) is 6.71. The van der Waals surface area contributed by atoms with Crippen LogP contribution in [0.25, 0.3) is 0 Å². The van der Waals surface area contributed by atoms with Crippen LogP contribution < -0.4 is 4.74 Å². The second-order valence-corrected chi connectivity index (χ2v) is 6.70. The monoisotopic (exact) mass is 348 g/mol. The minimum Gasteiger partial charge on any atom is -0.475 e. The zero-order valence-corrected chi connectivity index (χ0v) is 14.6. The topological polar surface area (TPSA) is 59.7 Å². The highest BCUT2D eigenvalue weighted by molar-refractivity contribution is 5.84. The molecule has 1 unspecified atom stereocenters. The summed E-state index contributed by atoms with van der Waals surface area (Å²) >= 11 is 0. The van der Waals surface area contributed by atoms with E-state index in [-0.39, 0.29) is 11.7 Å². The van der Waals surface area contributed by atoms with E-state index in [4.69, 9.17) is 14.3 Å². The fourth-order valence-corrected chi connectivity index (χ4v) is 3.70. The lowest BCUT2D eigenvalue weighted by molar-refractivity contribution is 0.0657. The number of ether oxygens (including phenoxy) is 1. The lowest BCUT2D eigenvalue weighted by Gasteiger charge is -2.27. The maximum atomic E-state index is 11.0. The van der Waals surface area contributed by atoms with E-state index in [1.165, 1.54) is 35.2 Å². The first kappa shape index (κ1) is 16.5. The zero-order chi connectivity index (χ0) is 18.1. The van der Waals surface area contributed by atoms with Crippen molar-refractivity contribution in [3.05, 3.63) is 82.6 Å². The number of hydrogen-bond donors (Lipinski definition) is 1. The first-order valence-electron chi connectivity index (χ1n) is 8.81. The highest BCUT2D eigenvalue weighted by atomic mass is 16.6. The number of hydrogen-bond acceptors (Lipinski definition) is 3. The lowest BCUT2D eigenvalue weighted by atomic mass is 9.78. The van der Waals surface area contributed by atoms with Crippen LogP contribution in [0.5, 0.6) is 11.7 Å². The average Bonchev–Trinajstić information content (AvgIpc) is 3.11. The van der Waals surface area contributed by atoms with E-state index >= 15 is 0 Å². The summed E-state index contributed by atoms with van der Waals surface area (Å²) in [6, 6.07) is 17.7. The molecule has 0 saturated carbocycles. The van der Waals surface area contributed by atoms with Gasteiger partial charge in [-0.3, -0.25) is 0 Å². The number of benzene rings is 2. The highest BCUT2D eigenvalue weighted by Gasteiger charge is 2.23. The van der Waals surface area contributed by atoms with Crippen molar-refractivity contribution in [3.8, 4) is 11.7 Å². The van der Waals surface area contributed by atoms with Crippen molar-refractivity contribution in [1.82, 2.24) is 0 Å². The summed E-state index contributed by atoms with van der Waals surface area (Å²) < 4.78 is 11.1. The van der Waals surface area contributed by atoms with Crippen LogP contribution in [0.15, 0.2) is 59.0 Å². The van der Waals surface area contributed by atoms with Gasteiger partial charge in [0, 0.05) is 12.0 Å². The van der Waals surface area contributed by atoms with E-state index in [0.717, 1.165) is 18.4 Å². The number of fused-ring (bicyclic) bond motifs is 1. The van der Waals surface area contributed by atoms with Gasteiger partial charge in [0.25, 0.3) is 5.95 Å². The Labute approximate surface area is 152 Å². The standard InChI is InChI=1S/C22H20O4/c1-14-12-16-8-5-9-17(15-6-3-2-4-7-15)18(16)13-20(14)26-21-11-10-19(25-21)22(23)24/h2-4,6-7,10-13,17H,5,8-9H2,1H3,(H,23,24). The van der Waals surface area contributed by atoms with Crippen LogP contribution in [0.2, 0.25) is 0 Å². The first-order valence-corrected chi connectivity index (χ1v) is 8.81. The van der Waals surface area contributed by atoms with E-state index in [2.05, 4.69) is 36.4 Å². The molecule has 4 heteroatoms. The van der Waals surface area contributed by atoms with Crippen LogP contribution in [0.1, 0.15) is 51.6 Å². The van der Waals surface area contributed by atoms with E-state index in [0.29, 0.717) is 11.7 Å². The van der Waals surface area contributed by atoms with E-state index < -0.39 is 5.97 Å². The predicted octanol–water partition coefficient (Wildman–Crippen LogP) is 5.55. The van der Waals surface area contributed by atoms with E-state index in [1.807, 2.05) is 13.0 Å². The third-order valence-corrected chi connectivity index (χ3v) is 4.96. The summed E-state index contributed by atoms with van der Waals surface area (Å²) in [7, 11) is 0. The number of carbonyl (C=O) groups is 1. The third kappa shape index (κ3) is 3.10. The summed E-state index contributed by atoms with van der Waals surface area (Å²) in [6.07, 6.45) is 3.36. The zero-order valence-electron chi connectivity index (χ0n) is 14.6. The minimum atomic E-state index is -1.11. The number of carboxylic acid groups (broad SMARTS) is 1. The molecule has 1 aliphatic carbocycles. The molecule has 1 N–H and O–H groups in total. The molecule has 3 aromatic rings. The van der Waals surface area contributed by atoms with Gasteiger partial charge < -0.3 is 14.3 Å². The minimum absolute atomic E-state index is 0.127. The van der Waals surface area contributed by atoms with Crippen LogP contribution in [-0.4, -0.2) is 11.1 Å². The van der Waals surface area contributed by atoms with Crippen molar-refractivity contribution >= 4 is 5.97 Å². The van der Waals surface area contributed by atoms with Crippen LogP contribution in [-0.2, 0) is 6.42 Å². The van der Waals surface area contributed by atoms with Gasteiger partial charge >= 0.3 is 5.97 Å². The van der Waals surface area contributed by atoms with Crippen molar-refractivity contribution in [2.45, 2.75) is 32.1 Å². The molecule has 2 aromatic carbocycles. The molecular weight excluding hydrogens is 328 g/mol. The molecule has 0 aliphatic heterocycles. The van der Waals surface area contributed by atoms with Crippen molar-refractivity contribution in [2.75, 3.05) is 0 Å². The number of furan rings is 1. The Bertz CT molecular complexity index is 940.